The number of unbranched alkanes of at least 4 members (excludes halogenated alkanes) is 2. The average molecular weight is 228 g/mol. The van der Waals surface area contributed by atoms with Crippen LogP contribution in [0.25, 0.3) is 0 Å². The van der Waals surface area contributed by atoms with Crippen molar-refractivity contribution in [1.82, 2.24) is 0 Å². The van der Waals surface area contributed by atoms with Gasteiger partial charge in [-0.15, -0.1) is 0 Å². The summed E-state index contributed by atoms with van der Waals surface area (Å²) in [4.78, 5) is 11.2. The number of aliphatic hydroxyl groups is 1. The maximum absolute atomic E-state index is 11.2. The molecule has 0 saturated heterocycles. The van der Waals surface area contributed by atoms with Crippen LogP contribution in [-0.2, 0) is 9.53 Å². The molecule has 94 valence electrons. The summed E-state index contributed by atoms with van der Waals surface area (Å²) in [6.07, 6.45) is 6.72. The second-order valence-corrected chi connectivity index (χ2v) is 4.84. The smallest absolute Gasteiger partial charge is 0.305 e. The van der Waals surface area contributed by atoms with E-state index in [9.17, 15) is 9.90 Å². The number of rotatable bonds is 6. The molecule has 1 saturated carbocycles. The number of aliphatic hydroxyl groups excluding tert-OH is 1. The molecule has 3 atom stereocenters. The van der Waals surface area contributed by atoms with Crippen molar-refractivity contribution in [3.05, 3.63) is 0 Å². The van der Waals surface area contributed by atoms with Gasteiger partial charge >= 0.3 is 5.97 Å². The van der Waals surface area contributed by atoms with Gasteiger partial charge in [-0.25, -0.2) is 0 Å². The van der Waals surface area contributed by atoms with E-state index in [0.29, 0.717) is 18.3 Å². The van der Waals surface area contributed by atoms with Crippen LogP contribution < -0.4 is 0 Å². The molecule has 1 N–H and O–H groups in total. The summed E-state index contributed by atoms with van der Waals surface area (Å²) in [6, 6.07) is 0. The highest BCUT2D eigenvalue weighted by Gasteiger charge is 2.35. The molecular formula is C13H24O3. The highest BCUT2D eigenvalue weighted by molar-refractivity contribution is 5.69. The third-order valence-electron chi connectivity index (χ3n) is 3.73. The standard InChI is InChI=1S/C13H24O3/c1-3-4-5-6-11-10(7-8-12(11)14)9-13(15)16-2/h10-12,14H,3-9H2,1-2H3/t10-,11+,12-/m1/s1. The minimum absolute atomic E-state index is 0.139. The first-order valence-electron chi connectivity index (χ1n) is 6.44. The SMILES string of the molecule is CCCCC[C@H]1[C@@H](CC(=O)OC)CC[C@H]1O. The van der Waals surface area contributed by atoms with Gasteiger partial charge in [0.15, 0.2) is 0 Å². The van der Waals surface area contributed by atoms with Crippen molar-refractivity contribution in [2.45, 2.75) is 58.0 Å². The second kappa shape index (κ2) is 6.89. The molecular weight excluding hydrogens is 204 g/mol. The number of ether oxygens (including phenoxy) is 1. The number of hydrogen-bond acceptors (Lipinski definition) is 3. The van der Waals surface area contributed by atoms with E-state index < -0.39 is 0 Å². The Hall–Kier alpha value is -0.570. The molecule has 0 unspecified atom stereocenters. The number of methoxy groups -OCH3 is 1. The van der Waals surface area contributed by atoms with Gasteiger partial charge in [-0.2, -0.15) is 0 Å². The highest BCUT2D eigenvalue weighted by atomic mass is 16.5. The molecule has 0 heterocycles. The largest absolute Gasteiger partial charge is 0.469 e. The fourth-order valence-electron chi connectivity index (χ4n) is 2.74. The number of carbonyl (C=O) groups excluding carboxylic acids is 1. The molecule has 16 heavy (non-hydrogen) atoms. The molecule has 0 aromatic heterocycles. The number of carbonyl (C=O) groups is 1. The van der Waals surface area contributed by atoms with Gasteiger partial charge in [0.25, 0.3) is 0 Å². The zero-order valence-electron chi connectivity index (χ0n) is 10.4. The molecule has 0 spiro atoms. The van der Waals surface area contributed by atoms with Gasteiger partial charge in [-0.05, 0) is 31.1 Å². The Morgan fingerprint density at radius 1 is 1.38 bits per heavy atom. The minimum Gasteiger partial charge on any atom is -0.469 e. The van der Waals surface area contributed by atoms with Crippen LogP contribution in [0, 0.1) is 11.8 Å². The molecule has 0 radical (unpaired) electrons. The van der Waals surface area contributed by atoms with Crippen molar-refractivity contribution in [3.8, 4) is 0 Å². The lowest BCUT2D eigenvalue weighted by atomic mass is 9.87. The molecule has 3 nitrogen and oxygen atoms in total. The number of esters is 1. The lowest BCUT2D eigenvalue weighted by Gasteiger charge is -2.21. The van der Waals surface area contributed by atoms with Crippen molar-refractivity contribution < 1.29 is 14.6 Å². The van der Waals surface area contributed by atoms with Crippen LogP contribution in [0.4, 0.5) is 0 Å². The molecule has 1 rings (SSSR count). The van der Waals surface area contributed by atoms with Gasteiger partial charge in [0.1, 0.15) is 0 Å². The Bertz CT molecular complexity index is 215. The summed E-state index contributed by atoms with van der Waals surface area (Å²) in [5, 5.41) is 9.89. The van der Waals surface area contributed by atoms with Gasteiger partial charge in [-0.3, -0.25) is 4.79 Å². The van der Waals surface area contributed by atoms with Gasteiger partial charge in [0.05, 0.1) is 13.2 Å². The monoisotopic (exact) mass is 228 g/mol. The molecule has 0 aromatic carbocycles. The molecule has 0 aliphatic heterocycles. The molecule has 1 aliphatic rings. The quantitative estimate of drug-likeness (QED) is 0.561. The first-order chi connectivity index (χ1) is 7.69. The summed E-state index contributed by atoms with van der Waals surface area (Å²) >= 11 is 0. The third kappa shape index (κ3) is 3.78. The van der Waals surface area contributed by atoms with Crippen molar-refractivity contribution in [1.29, 1.82) is 0 Å². The first-order valence-corrected chi connectivity index (χ1v) is 6.44. The maximum atomic E-state index is 11.2. The van der Waals surface area contributed by atoms with Crippen LogP contribution in [-0.4, -0.2) is 24.3 Å². The van der Waals surface area contributed by atoms with Crippen molar-refractivity contribution in [2.75, 3.05) is 7.11 Å². The minimum atomic E-state index is -0.202. The van der Waals surface area contributed by atoms with E-state index in [0.717, 1.165) is 25.7 Å². The Morgan fingerprint density at radius 3 is 2.75 bits per heavy atom. The predicted molar refractivity (Wildman–Crippen MR) is 63.0 cm³/mol. The zero-order valence-corrected chi connectivity index (χ0v) is 10.4. The molecule has 0 amide bonds. The van der Waals surface area contributed by atoms with Crippen LogP contribution in [0.5, 0.6) is 0 Å². The Balaban J connectivity index is 2.39. The number of hydrogen-bond donors (Lipinski definition) is 1. The predicted octanol–water partition coefficient (Wildman–Crippen LogP) is 2.52. The highest BCUT2D eigenvalue weighted by Crippen LogP contribution is 2.37. The molecule has 0 bridgehead atoms. The zero-order chi connectivity index (χ0) is 12.0. The Morgan fingerprint density at radius 2 is 2.12 bits per heavy atom. The van der Waals surface area contributed by atoms with Gasteiger partial charge < -0.3 is 9.84 Å². The van der Waals surface area contributed by atoms with Gasteiger partial charge in [-0.1, -0.05) is 26.2 Å². The normalized spacial score (nSPS) is 29.3. The summed E-state index contributed by atoms with van der Waals surface area (Å²) in [7, 11) is 1.43. The van der Waals surface area contributed by atoms with Gasteiger partial charge in [0.2, 0.25) is 0 Å². The van der Waals surface area contributed by atoms with Crippen LogP contribution in [0.1, 0.15) is 51.9 Å². The lowest BCUT2D eigenvalue weighted by molar-refractivity contribution is -0.142. The third-order valence-corrected chi connectivity index (χ3v) is 3.73. The summed E-state index contributed by atoms with van der Waals surface area (Å²) in [5.41, 5.74) is 0. The summed E-state index contributed by atoms with van der Waals surface area (Å²) in [5.74, 6) is 0.504. The summed E-state index contributed by atoms with van der Waals surface area (Å²) in [6.45, 7) is 2.18. The van der Waals surface area contributed by atoms with Crippen molar-refractivity contribution >= 4 is 5.97 Å². The van der Waals surface area contributed by atoms with E-state index in [1.807, 2.05) is 0 Å². The van der Waals surface area contributed by atoms with Crippen LogP contribution >= 0.6 is 0 Å². The fraction of sp³-hybridized carbons (Fsp3) is 0.923. The van der Waals surface area contributed by atoms with Crippen molar-refractivity contribution in [3.63, 3.8) is 0 Å². The fourth-order valence-corrected chi connectivity index (χ4v) is 2.74. The van der Waals surface area contributed by atoms with Crippen LogP contribution in [0.15, 0.2) is 0 Å². The van der Waals surface area contributed by atoms with Gasteiger partial charge in [0, 0.05) is 6.42 Å². The van der Waals surface area contributed by atoms with E-state index >= 15 is 0 Å². The van der Waals surface area contributed by atoms with E-state index in [4.69, 9.17) is 4.74 Å². The summed E-state index contributed by atoms with van der Waals surface area (Å²) < 4.78 is 4.70. The van der Waals surface area contributed by atoms with Crippen molar-refractivity contribution in [2.24, 2.45) is 11.8 Å². The molecule has 3 heteroatoms. The Kier molecular flexibility index (Phi) is 5.81. The van der Waals surface area contributed by atoms with E-state index in [2.05, 4.69) is 6.92 Å². The molecule has 1 fully saturated rings. The van der Waals surface area contributed by atoms with Crippen LogP contribution in [0.2, 0.25) is 0 Å². The van der Waals surface area contributed by atoms with E-state index in [1.54, 1.807) is 0 Å². The molecule has 1 aliphatic carbocycles. The van der Waals surface area contributed by atoms with E-state index in [-0.39, 0.29) is 12.1 Å². The lowest BCUT2D eigenvalue weighted by Crippen LogP contribution is -2.21. The first kappa shape index (κ1) is 13.5. The van der Waals surface area contributed by atoms with E-state index in [1.165, 1.54) is 20.0 Å². The topological polar surface area (TPSA) is 46.5 Å². The maximum Gasteiger partial charge on any atom is 0.305 e. The second-order valence-electron chi connectivity index (χ2n) is 4.84. The average Bonchev–Trinajstić information content (AvgIpc) is 2.61. The molecule has 0 aromatic rings. The van der Waals surface area contributed by atoms with Crippen LogP contribution in [0.3, 0.4) is 0 Å². The Labute approximate surface area is 98.2 Å².